The number of aryl methyl sites for hydroxylation is 1. The summed E-state index contributed by atoms with van der Waals surface area (Å²) in [5.41, 5.74) is 1.78. The van der Waals surface area contributed by atoms with Crippen molar-refractivity contribution in [2.75, 3.05) is 11.9 Å². The van der Waals surface area contributed by atoms with E-state index in [9.17, 15) is 0 Å². The molecule has 0 amide bonds. The molecule has 0 fully saturated rings. The Labute approximate surface area is 145 Å². The average molecular weight is 388 g/mol. The minimum absolute atomic E-state index is 0.747. The molecule has 116 valence electrons. The van der Waals surface area contributed by atoms with Crippen molar-refractivity contribution in [3.8, 4) is 0 Å². The highest BCUT2D eigenvalue weighted by Gasteiger charge is 2.15. The fourth-order valence-corrected chi connectivity index (χ4v) is 4.17. The van der Waals surface area contributed by atoms with Crippen LogP contribution >= 0.6 is 27.3 Å². The maximum Gasteiger partial charge on any atom is 0.229 e. The lowest BCUT2D eigenvalue weighted by molar-refractivity contribution is 0.815. The Morgan fingerprint density at radius 3 is 2.78 bits per heavy atom. The minimum Gasteiger partial charge on any atom is -0.339 e. The van der Waals surface area contributed by atoms with Gasteiger partial charge in [0, 0.05) is 17.3 Å². The summed E-state index contributed by atoms with van der Waals surface area (Å²) >= 11 is 5.24. The highest BCUT2D eigenvalue weighted by Crippen LogP contribution is 2.26. The van der Waals surface area contributed by atoms with Crippen molar-refractivity contribution in [2.24, 2.45) is 0 Å². The van der Waals surface area contributed by atoms with Gasteiger partial charge in [0.05, 0.1) is 15.8 Å². The van der Waals surface area contributed by atoms with E-state index in [0.717, 1.165) is 38.7 Å². The summed E-state index contributed by atoms with van der Waals surface area (Å²) in [5, 5.41) is 5.54. The third kappa shape index (κ3) is 2.60. The van der Waals surface area contributed by atoms with E-state index in [0.29, 0.717) is 0 Å². The fourth-order valence-electron chi connectivity index (χ4n) is 2.63. The molecule has 7 heteroatoms. The largest absolute Gasteiger partial charge is 0.339 e. The van der Waals surface area contributed by atoms with Gasteiger partial charge in [-0.15, -0.1) is 16.4 Å². The summed E-state index contributed by atoms with van der Waals surface area (Å²) in [6, 6.07) is 12.2. The first-order valence-corrected chi connectivity index (χ1v) is 8.80. The SMILES string of the molecule is Cc1nc2c3ccccc3nc(N(C)Cc3ccc(Br)s3)n2n1. The molecule has 0 aliphatic rings. The Balaban J connectivity index is 1.86. The van der Waals surface area contributed by atoms with Gasteiger partial charge in [-0.25, -0.2) is 9.97 Å². The number of anilines is 1. The monoisotopic (exact) mass is 387 g/mol. The van der Waals surface area contributed by atoms with E-state index in [-0.39, 0.29) is 0 Å². The molecule has 0 spiro atoms. The van der Waals surface area contributed by atoms with Crippen molar-refractivity contribution in [2.45, 2.75) is 13.5 Å². The molecule has 4 aromatic rings. The Hall–Kier alpha value is -1.99. The Bertz CT molecular complexity index is 1010. The molecule has 0 atom stereocenters. The quantitative estimate of drug-likeness (QED) is 0.531. The lowest BCUT2D eigenvalue weighted by Gasteiger charge is -2.18. The summed E-state index contributed by atoms with van der Waals surface area (Å²) in [6.07, 6.45) is 0. The van der Waals surface area contributed by atoms with Crippen LogP contribution in [0.4, 0.5) is 5.95 Å². The number of nitrogens with zero attached hydrogens (tertiary/aromatic N) is 5. The van der Waals surface area contributed by atoms with Gasteiger partial charge in [0.1, 0.15) is 5.82 Å². The van der Waals surface area contributed by atoms with Gasteiger partial charge in [-0.2, -0.15) is 4.52 Å². The van der Waals surface area contributed by atoms with Crippen LogP contribution in [0.25, 0.3) is 16.6 Å². The molecule has 1 aromatic carbocycles. The molecule has 0 unspecified atom stereocenters. The fraction of sp³-hybridized carbons (Fsp3) is 0.188. The van der Waals surface area contributed by atoms with Crippen LogP contribution in [-0.2, 0) is 6.54 Å². The Kier molecular flexibility index (Phi) is 3.54. The summed E-state index contributed by atoms with van der Waals surface area (Å²) < 4.78 is 2.97. The Morgan fingerprint density at radius 2 is 2.00 bits per heavy atom. The van der Waals surface area contributed by atoms with E-state index in [1.165, 1.54) is 4.88 Å². The number of halogens is 1. The van der Waals surface area contributed by atoms with Gasteiger partial charge in [-0.1, -0.05) is 12.1 Å². The molecule has 0 radical (unpaired) electrons. The molecule has 0 saturated heterocycles. The summed E-state index contributed by atoms with van der Waals surface area (Å²) in [4.78, 5) is 12.7. The van der Waals surface area contributed by atoms with Gasteiger partial charge in [-0.3, -0.25) is 0 Å². The first-order valence-electron chi connectivity index (χ1n) is 7.19. The van der Waals surface area contributed by atoms with Crippen LogP contribution in [0, 0.1) is 6.92 Å². The van der Waals surface area contributed by atoms with Crippen LogP contribution in [-0.4, -0.2) is 26.6 Å². The van der Waals surface area contributed by atoms with Gasteiger partial charge in [-0.05, 0) is 47.1 Å². The van der Waals surface area contributed by atoms with Crippen LogP contribution in [0.1, 0.15) is 10.7 Å². The van der Waals surface area contributed by atoms with E-state index in [4.69, 9.17) is 4.98 Å². The van der Waals surface area contributed by atoms with Gasteiger partial charge >= 0.3 is 0 Å². The molecule has 3 aromatic heterocycles. The van der Waals surface area contributed by atoms with Crippen molar-refractivity contribution >= 4 is 49.8 Å². The van der Waals surface area contributed by atoms with Gasteiger partial charge in [0.2, 0.25) is 5.95 Å². The predicted octanol–water partition coefficient (Wildman–Crippen LogP) is 4.05. The first-order chi connectivity index (χ1) is 11.1. The van der Waals surface area contributed by atoms with Gasteiger partial charge in [0.25, 0.3) is 0 Å². The predicted molar refractivity (Wildman–Crippen MR) is 97.2 cm³/mol. The Morgan fingerprint density at radius 1 is 1.17 bits per heavy atom. The smallest absolute Gasteiger partial charge is 0.229 e. The zero-order chi connectivity index (χ0) is 16.0. The maximum atomic E-state index is 4.80. The minimum atomic E-state index is 0.747. The maximum absolute atomic E-state index is 4.80. The molecule has 0 aliphatic carbocycles. The molecule has 0 saturated carbocycles. The summed E-state index contributed by atoms with van der Waals surface area (Å²) in [7, 11) is 2.03. The van der Waals surface area contributed by atoms with Gasteiger partial charge in [0.15, 0.2) is 5.65 Å². The topological polar surface area (TPSA) is 46.3 Å². The zero-order valence-electron chi connectivity index (χ0n) is 12.7. The van der Waals surface area contributed by atoms with Crippen LogP contribution in [0.3, 0.4) is 0 Å². The third-order valence-electron chi connectivity index (χ3n) is 3.63. The molecule has 3 heterocycles. The first kappa shape index (κ1) is 14.6. The van der Waals surface area contributed by atoms with Crippen molar-refractivity contribution in [1.29, 1.82) is 0 Å². The zero-order valence-corrected chi connectivity index (χ0v) is 15.1. The number of hydrogen-bond donors (Lipinski definition) is 0. The van der Waals surface area contributed by atoms with E-state index >= 15 is 0 Å². The standard InChI is InChI=1S/C16H14BrN5S/c1-10-18-15-12-5-3-4-6-13(12)19-16(22(15)20-10)21(2)9-11-7-8-14(17)23-11/h3-8H,9H2,1-2H3. The number of fused-ring (bicyclic) bond motifs is 3. The van der Waals surface area contributed by atoms with Crippen LogP contribution in [0.15, 0.2) is 40.2 Å². The summed E-state index contributed by atoms with van der Waals surface area (Å²) in [6.45, 7) is 2.68. The number of hydrogen-bond acceptors (Lipinski definition) is 5. The summed E-state index contributed by atoms with van der Waals surface area (Å²) in [5.74, 6) is 1.54. The van der Waals surface area contributed by atoms with E-state index in [1.807, 2.05) is 42.8 Å². The molecule has 5 nitrogen and oxygen atoms in total. The normalized spacial score (nSPS) is 11.4. The number of aromatic nitrogens is 4. The van der Waals surface area contributed by atoms with E-state index in [1.54, 1.807) is 11.3 Å². The highest BCUT2D eigenvalue weighted by molar-refractivity contribution is 9.11. The number of benzene rings is 1. The van der Waals surface area contributed by atoms with Crippen LogP contribution in [0.2, 0.25) is 0 Å². The number of rotatable bonds is 3. The number of para-hydroxylation sites is 1. The highest BCUT2D eigenvalue weighted by atomic mass is 79.9. The van der Waals surface area contributed by atoms with Crippen LogP contribution in [0.5, 0.6) is 0 Å². The van der Waals surface area contributed by atoms with E-state index in [2.05, 4.69) is 43.0 Å². The van der Waals surface area contributed by atoms with E-state index < -0.39 is 0 Å². The lowest BCUT2D eigenvalue weighted by Crippen LogP contribution is -2.20. The molecular formula is C16H14BrN5S. The lowest BCUT2D eigenvalue weighted by atomic mass is 10.2. The molecule has 4 rings (SSSR count). The second-order valence-electron chi connectivity index (χ2n) is 5.39. The average Bonchev–Trinajstić information content (AvgIpc) is 3.11. The molecule has 0 bridgehead atoms. The third-order valence-corrected chi connectivity index (χ3v) is 5.24. The second-order valence-corrected chi connectivity index (χ2v) is 7.93. The van der Waals surface area contributed by atoms with Crippen molar-refractivity contribution in [3.05, 3.63) is 50.9 Å². The molecular weight excluding hydrogens is 374 g/mol. The second kappa shape index (κ2) is 5.58. The number of thiophene rings is 1. The van der Waals surface area contributed by atoms with Crippen molar-refractivity contribution in [1.82, 2.24) is 19.6 Å². The molecule has 0 aliphatic heterocycles. The molecule has 0 N–H and O–H groups in total. The van der Waals surface area contributed by atoms with Crippen LogP contribution < -0.4 is 4.90 Å². The van der Waals surface area contributed by atoms with Crippen molar-refractivity contribution < 1.29 is 0 Å². The van der Waals surface area contributed by atoms with Crippen molar-refractivity contribution in [3.63, 3.8) is 0 Å². The molecule has 23 heavy (non-hydrogen) atoms. The van der Waals surface area contributed by atoms with Gasteiger partial charge < -0.3 is 4.90 Å².